The minimum absolute atomic E-state index is 1.14. The fourth-order valence-corrected chi connectivity index (χ4v) is 18.8. The van der Waals surface area contributed by atoms with E-state index in [0.29, 0.717) is 0 Å². The number of rotatable bonds is 12. The molecule has 20 aromatic rings. The molecule has 0 radical (unpaired) electrons. The van der Waals surface area contributed by atoms with E-state index in [1.165, 1.54) is 206 Å². The van der Waals surface area contributed by atoms with Crippen molar-refractivity contribution in [2.24, 2.45) is 0 Å². The van der Waals surface area contributed by atoms with Gasteiger partial charge in [-0.25, -0.2) is 0 Å². The minimum atomic E-state index is 1.14. The van der Waals surface area contributed by atoms with Crippen molar-refractivity contribution in [3.05, 3.63) is 360 Å². The summed E-state index contributed by atoms with van der Waals surface area (Å²) in [7, 11) is 0. The van der Waals surface area contributed by atoms with Gasteiger partial charge in [-0.1, -0.05) is 194 Å². The van der Waals surface area contributed by atoms with E-state index in [2.05, 4.69) is 390 Å². The number of benzene rings is 18. The third kappa shape index (κ3) is 10.7. The van der Waals surface area contributed by atoms with Crippen LogP contribution in [0, 0.1) is 55.4 Å². The molecular formula is C100H76N4S2. The molecule has 0 unspecified atom stereocenters. The van der Waals surface area contributed by atoms with E-state index in [1.54, 1.807) is 0 Å². The molecule has 0 fully saturated rings. The Morgan fingerprint density at radius 2 is 0.453 bits per heavy atom. The van der Waals surface area contributed by atoms with Crippen LogP contribution >= 0.6 is 22.7 Å². The van der Waals surface area contributed by atoms with Crippen LogP contribution in [0.3, 0.4) is 0 Å². The first kappa shape index (κ1) is 64.5. The van der Waals surface area contributed by atoms with Crippen LogP contribution in [0.1, 0.15) is 44.5 Å². The molecule has 0 aliphatic carbocycles. The van der Waals surface area contributed by atoms with Gasteiger partial charge >= 0.3 is 0 Å². The maximum atomic E-state index is 2.48. The zero-order valence-electron chi connectivity index (χ0n) is 60.6. The number of hydrogen-bond donors (Lipinski definition) is 0. The van der Waals surface area contributed by atoms with Gasteiger partial charge < -0.3 is 19.6 Å². The molecule has 4 nitrogen and oxygen atoms in total. The number of hydrogen-bond acceptors (Lipinski definition) is 6. The van der Waals surface area contributed by atoms with Gasteiger partial charge in [0.1, 0.15) is 0 Å². The van der Waals surface area contributed by atoms with E-state index < -0.39 is 0 Å². The van der Waals surface area contributed by atoms with Crippen molar-refractivity contribution in [1.82, 2.24) is 0 Å². The Kier molecular flexibility index (Phi) is 15.7. The lowest BCUT2D eigenvalue weighted by Crippen LogP contribution is -2.12. The van der Waals surface area contributed by atoms with Crippen molar-refractivity contribution in [2.45, 2.75) is 55.4 Å². The Hall–Kier alpha value is -12.3. The maximum absolute atomic E-state index is 2.48. The van der Waals surface area contributed by atoms with Crippen LogP contribution in [-0.2, 0) is 0 Å². The lowest BCUT2D eigenvalue weighted by Gasteiger charge is -2.30. The predicted molar refractivity (Wildman–Crippen MR) is 463 cm³/mol. The van der Waals surface area contributed by atoms with Crippen LogP contribution in [0.4, 0.5) is 68.2 Å². The van der Waals surface area contributed by atoms with Crippen molar-refractivity contribution in [1.29, 1.82) is 0 Å². The fraction of sp³-hybridized carbons (Fsp3) is 0.0800. The smallest absolute Gasteiger partial charge is 0.0640 e. The molecular weight excluding hydrogens is 1320 g/mol. The highest BCUT2D eigenvalue weighted by molar-refractivity contribution is 7.26. The van der Waals surface area contributed by atoms with Crippen LogP contribution in [-0.4, -0.2) is 0 Å². The molecule has 0 saturated carbocycles. The molecule has 0 spiro atoms. The van der Waals surface area contributed by atoms with Crippen molar-refractivity contribution >= 4 is 196 Å². The molecule has 0 aliphatic heterocycles. The second kappa shape index (κ2) is 25.8. The number of para-hydroxylation sites is 2. The number of fused-ring (bicyclic) bond motifs is 6. The largest absolute Gasteiger partial charge is 0.310 e. The molecule has 6 heteroatoms. The van der Waals surface area contributed by atoms with Crippen molar-refractivity contribution in [3.63, 3.8) is 0 Å². The van der Waals surface area contributed by atoms with Gasteiger partial charge in [-0.15, -0.1) is 22.7 Å². The summed E-state index contributed by atoms with van der Waals surface area (Å²) in [6.45, 7) is 17.6. The van der Waals surface area contributed by atoms with Gasteiger partial charge in [0.05, 0.1) is 43.5 Å². The second-order valence-electron chi connectivity index (χ2n) is 28.8. The van der Waals surface area contributed by atoms with Crippen molar-refractivity contribution < 1.29 is 0 Å². The predicted octanol–water partition coefficient (Wildman–Crippen LogP) is 30.3. The van der Waals surface area contributed by atoms with Gasteiger partial charge in [0.2, 0.25) is 0 Å². The van der Waals surface area contributed by atoms with Crippen molar-refractivity contribution in [3.8, 4) is 0 Å². The van der Waals surface area contributed by atoms with Crippen LogP contribution in [0.2, 0.25) is 0 Å². The van der Waals surface area contributed by atoms with Gasteiger partial charge in [-0.3, -0.25) is 0 Å². The zero-order chi connectivity index (χ0) is 71.6. The fourth-order valence-electron chi connectivity index (χ4n) is 16.4. The first-order valence-corrected chi connectivity index (χ1v) is 38.3. The number of thiophene rings is 2. The molecule has 2 heterocycles. The van der Waals surface area contributed by atoms with Crippen LogP contribution in [0.5, 0.6) is 0 Å². The first-order chi connectivity index (χ1) is 51.9. The summed E-state index contributed by atoms with van der Waals surface area (Å²) in [5.74, 6) is 0. The first-order valence-electron chi connectivity index (χ1n) is 36.7. The molecule has 0 N–H and O–H groups in total. The highest BCUT2D eigenvalue weighted by Gasteiger charge is 2.27. The van der Waals surface area contributed by atoms with E-state index in [1.807, 2.05) is 22.7 Å². The molecule has 18 aromatic carbocycles. The SMILES string of the molecule is Cc1ccc(N(c2ccc(C)c(C)c2)c2ccc3ccc4c(N(c5ccc(C)c(C)c5)c5ccc(C)c(C)c5)ccc5ccc2c3c54)cc1C.c1ccc(N(c2ccc3ccc4c(N(c5ccccc5)c5cccc6c5sc5ccccc56)ccc5ccc2c3c54)c2cccc3c2sc2ccccc23)cc1. The van der Waals surface area contributed by atoms with E-state index >= 15 is 0 Å². The summed E-state index contributed by atoms with van der Waals surface area (Å²) < 4.78 is 5.19. The van der Waals surface area contributed by atoms with E-state index in [0.717, 1.165) is 11.4 Å². The van der Waals surface area contributed by atoms with Crippen LogP contribution in [0.15, 0.2) is 315 Å². The Morgan fingerprint density at radius 3 is 0.764 bits per heavy atom. The quantitative estimate of drug-likeness (QED) is 0.113. The Bertz CT molecular complexity index is 6330. The maximum Gasteiger partial charge on any atom is 0.0640 e. The van der Waals surface area contributed by atoms with Crippen LogP contribution < -0.4 is 19.6 Å². The monoisotopic (exact) mass is 1400 g/mol. The van der Waals surface area contributed by atoms with E-state index in [9.17, 15) is 0 Å². The van der Waals surface area contributed by atoms with E-state index in [4.69, 9.17) is 0 Å². The van der Waals surface area contributed by atoms with Gasteiger partial charge in [0, 0.05) is 86.6 Å². The lowest BCUT2D eigenvalue weighted by atomic mass is 9.91. The summed E-state index contributed by atoms with van der Waals surface area (Å²) in [5.41, 5.74) is 24.4. The third-order valence-corrected chi connectivity index (χ3v) is 24.9. The van der Waals surface area contributed by atoms with Gasteiger partial charge in [0.25, 0.3) is 0 Å². The standard InChI is InChI=1S/C52H32N2S2.C48H44N2/c1-3-13-35(14-4-1)53(45-21-11-19-39-37-17-7-9-23-47(37)55-51(39)45)43-31-27-33-26-30-42-44(32-28-34-25-29-41(43)49(33)50(34)42)54(36-15-5-2-6-16-36)46-22-12-20-40-38-18-8-10-24-48(38)56-52(40)46;1-29-9-17-39(25-33(29)5)49(40-18-10-30(2)34(6)26-40)45-23-15-37-14-22-44-46(24-16-38-13-21-43(45)47(37)48(38)44)50(41-19-11-31(3)35(7)27-41)42-20-12-32(4)36(8)28-42/h1-32H;9-28H,1-8H3. The lowest BCUT2D eigenvalue weighted by molar-refractivity contribution is 1.24. The molecule has 106 heavy (non-hydrogen) atoms. The number of anilines is 12. The molecule has 20 rings (SSSR count). The highest BCUT2D eigenvalue weighted by atomic mass is 32.1. The summed E-state index contributed by atoms with van der Waals surface area (Å²) in [6.07, 6.45) is 0. The van der Waals surface area contributed by atoms with Crippen LogP contribution in [0.25, 0.3) is 105 Å². The molecule has 0 atom stereocenters. The molecule has 2 aromatic heterocycles. The third-order valence-electron chi connectivity index (χ3n) is 22.5. The average Bonchev–Trinajstić information content (AvgIpc) is 0.913. The van der Waals surface area contributed by atoms with Gasteiger partial charge in [-0.2, -0.15) is 0 Å². The molecule has 0 saturated heterocycles. The summed E-state index contributed by atoms with van der Waals surface area (Å²) in [4.78, 5) is 9.84. The average molecular weight is 1400 g/mol. The van der Waals surface area contributed by atoms with E-state index in [-0.39, 0.29) is 0 Å². The number of aryl methyl sites for hydroxylation is 8. The topological polar surface area (TPSA) is 13.0 Å². The highest BCUT2D eigenvalue weighted by Crippen LogP contribution is 2.54. The molecule has 508 valence electrons. The normalized spacial score (nSPS) is 11.8. The molecule has 0 aliphatic rings. The number of nitrogens with zero attached hydrogens (tertiary/aromatic N) is 4. The second-order valence-corrected chi connectivity index (χ2v) is 30.9. The van der Waals surface area contributed by atoms with Gasteiger partial charge in [-0.05, 0) is 264 Å². The molecule has 0 bridgehead atoms. The Balaban J connectivity index is 0.000000146. The zero-order valence-corrected chi connectivity index (χ0v) is 62.3. The van der Waals surface area contributed by atoms with Gasteiger partial charge in [0.15, 0.2) is 0 Å². The summed E-state index contributed by atoms with van der Waals surface area (Å²) >= 11 is 3.75. The molecule has 0 amide bonds. The summed E-state index contributed by atoms with van der Waals surface area (Å²) in [5, 5.41) is 20.3. The Morgan fingerprint density at radius 1 is 0.179 bits per heavy atom. The minimum Gasteiger partial charge on any atom is -0.310 e. The summed E-state index contributed by atoms with van der Waals surface area (Å²) in [6, 6.07) is 117. The van der Waals surface area contributed by atoms with Crippen molar-refractivity contribution in [2.75, 3.05) is 19.6 Å². The Labute approximate surface area is 626 Å².